The van der Waals surface area contributed by atoms with Gasteiger partial charge in [-0.15, -0.1) is 0 Å². The fraction of sp³-hybridized carbons (Fsp3) is 0.452. The number of hydrogen-bond donors (Lipinski definition) is 0. The van der Waals surface area contributed by atoms with Crippen LogP contribution in [0.5, 0.6) is 5.75 Å². The van der Waals surface area contributed by atoms with Gasteiger partial charge in [0.25, 0.3) is 0 Å². The summed E-state index contributed by atoms with van der Waals surface area (Å²) in [6, 6.07) is 8.23. The smallest absolute Gasteiger partial charge is 0.178 e. The van der Waals surface area contributed by atoms with Gasteiger partial charge in [-0.2, -0.15) is 0 Å². The Morgan fingerprint density at radius 2 is 1.82 bits per heavy atom. The number of carbonyl (C=O) groups is 1. The number of benzene rings is 2. The SMILES string of the molecule is CC(=O)CCN1CCC(c2ccc(Cc3ncc(F)c(-c4cc(F)c5c(c4)N(C(C)C)CCO5)n3)cc2F)CC1. The van der Waals surface area contributed by atoms with Gasteiger partial charge in [0, 0.05) is 31.0 Å². The minimum Gasteiger partial charge on any atom is -0.486 e. The molecule has 40 heavy (non-hydrogen) atoms. The number of rotatable bonds is 8. The Kier molecular flexibility index (Phi) is 8.40. The third kappa shape index (κ3) is 6.14. The first-order valence-electron chi connectivity index (χ1n) is 13.9. The van der Waals surface area contributed by atoms with E-state index in [0.717, 1.165) is 38.7 Å². The van der Waals surface area contributed by atoms with E-state index in [1.165, 1.54) is 12.1 Å². The number of Topliss-reactive ketones (excluding diaryl/α,β-unsaturated/α-hetero) is 1. The van der Waals surface area contributed by atoms with E-state index in [1.807, 2.05) is 30.9 Å². The quantitative estimate of drug-likeness (QED) is 0.346. The van der Waals surface area contributed by atoms with E-state index in [4.69, 9.17) is 4.74 Å². The summed E-state index contributed by atoms with van der Waals surface area (Å²) < 4.78 is 50.6. The predicted octanol–water partition coefficient (Wildman–Crippen LogP) is 5.92. The van der Waals surface area contributed by atoms with E-state index in [9.17, 15) is 13.6 Å². The molecule has 0 spiro atoms. The molecule has 3 aromatic rings. The molecule has 0 aliphatic carbocycles. The highest BCUT2D eigenvalue weighted by molar-refractivity contribution is 5.75. The Morgan fingerprint density at radius 1 is 1.05 bits per heavy atom. The van der Waals surface area contributed by atoms with Crippen molar-refractivity contribution in [2.24, 2.45) is 0 Å². The van der Waals surface area contributed by atoms with Crippen LogP contribution in [0.4, 0.5) is 18.9 Å². The standard InChI is InChI=1S/C31H35F3N4O2/c1-19(2)38-12-13-40-31-26(33)16-23(17-28(31)38)30-27(34)18-35-29(36-30)15-21-4-5-24(25(32)14-21)22-7-10-37(11-8-22)9-6-20(3)39/h4-5,14,16-19,22H,6-13,15H2,1-3H3. The summed E-state index contributed by atoms with van der Waals surface area (Å²) in [5.41, 5.74) is 2.23. The summed E-state index contributed by atoms with van der Waals surface area (Å²) in [6.45, 7) is 9.04. The highest BCUT2D eigenvalue weighted by Gasteiger charge is 2.26. The Bertz CT molecular complexity index is 1390. The number of carbonyl (C=O) groups excluding carboxylic acids is 1. The van der Waals surface area contributed by atoms with Crippen LogP contribution in [0.1, 0.15) is 62.9 Å². The Balaban J connectivity index is 1.32. The molecule has 2 aromatic carbocycles. The normalized spacial score (nSPS) is 16.2. The number of likely N-dealkylation sites (tertiary alicyclic amines) is 1. The lowest BCUT2D eigenvalue weighted by Gasteiger charge is -2.34. The highest BCUT2D eigenvalue weighted by Crippen LogP contribution is 2.39. The van der Waals surface area contributed by atoms with Gasteiger partial charge in [-0.05, 0) is 81.9 Å². The third-order valence-corrected chi connectivity index (χ3v) is 7.84. The molecule has 1 aromatic heterocycles. The van der Waals surface area contributed by atoms with E-state index in [1.54, 1.807) is 13.0 Å². The Morgan fingerprint density at radius 3 is 2.52 bits per heavy atom. The van der Waals surface area contributed by atoms with Crippen LogP contribution in [-0.2, 0) is 11.2 Å². The van der Waals surface area contributed by atoms with Gasteiger partial charge < -0.3 is 14.5 Å². The topological polar surface area (TPSA) is 58.6 Å². The van der Waals surface area contributed by atoms with E-state index < -0.39 is 11.6 Å². The summed E-state index contributed by atoms with van der Waals surface area (Å²) >= 11 is 0. The summed E-state index contributed by atoms with van der Waals surface area (Å²) in [5.74, 6) is -0.708. The van der Waals surface area contributed by atoms with Gasteiger partial charge in [0.15, 0.2) is 17.4 Å². The Labute approximate surface area is 233 Å². The minimum atomic E-state index is -0.660. The van der Waals surface area contributed by atoms with Gasteiger partial charge in [0.1, 0.15) is 29.7 Å². The van der Waals surface area contributed by atoms with Crippen molar-refractivity contribution in [1.29, 1.82) is 0 Å². The van der Waals surface area contributed by atoms with Crippen LogP contribution in [0.25, 0.3) is 11.3 Å². The van der Waals surface area contributed by atoms with Crippen LogP contribution in [0.2, 0.25) is 0 Å². The zero-order valence-electron chi connectivity index (χ0n) is 23.2. The van der Waals surface area contributed by atoms with Gasteiger partial charge in [-0.3, -0.25) is 4.79 Å². The monoisotopic (exact) mass is 552 g/mol. The summed E-state index contributed by atoms with van der Waals surface area (Å²) in [5, 5.41) is 0. The summed E-state index contributed by atoms with van der Waals surface area (Å²) in [7, 11) is 0. The number of fused-ring (bicyclic) bond motifs is 1. The Hall–Kier alpha value is -3.46. The fourth-order valence-electron chi connectivity index (χ4n) is 5.64. The van der Waals surface area contributed by atoms with E-state index in [2.05, 4.69) is 14.9 Å². The first-order valence-corrected chi connectivity index (χ1v) is 13.9. The first-order chi connectivity index (χ1) is 19.2. The zero-order valence-corrected chi connectivity index (χ0v) is 23.2. The number of ether oxygens (including phenoxy) is 1. The number of ketones is 1. The lowest BCUT2D eigenvalue weighted by Crippen LogP contribution is -2.38. The van der Waals surface area contributed by atoms with Crippen molar-refractivity contribution in [3.8, 4) is 17.0 Å². The second-order valence-corrected chi connectivity index (χ2v) is 11.0. The molecule has 0 amide bonds. The molecule has 0 bridgehead atoms. The van der Waals surface area contributed by atoms with Crippen molar-refractivity contribution in [2.45, 2.75) is 58.4 Å². The maximum absolute atomic E-state index is 15.2. The van der Waals surface area contributed by atoms with Crippen molar-refractivity contribution >= 4 is 11.5 Å². The van der Waals surface area contributed by atoms with Crippen molar-refractivity contribution < 1.29 is 22.7 Å². The van der Waals surface area contributed by atoms with Crippen molar-refractivity contribution in [3.05, 3.63) is 70.9 Å². The molecule has 212 valence electrons. The molecule has 0 radical (unpaired) electrons. The fourth-order valence-corrected chi connectivity index (χ4v) is 5.64. The average Bonchev–Trinajstić information content (AvgIpc) is 2.93. The van der Waals surface area contributed by atoms with E-state index >= 15 is 4.39 Å². The highest BCUT2D eigenvalue weighted by atomic mass is 19.1. The van der Waals surface area contributed by atoms with Gasteiger partial charge in [0.05, 0.1) is 18.4 Å². The number of piperidine rings is 1. The van der Waals surface area contributed by atoms with E-state index in [0.29, 0.717) is 47.8 Å². The molecule has 0 N–H and O–H groups in total. The van der Waals surface area contributed by atoms with Crippen molar-refractivity contribution in [2.75, 3.05) is 37.7 Å². The van der Waals surface area contributed by atoms with Gasteiger partial charge >= 0.3 is 0 Å². The molecule has 2 aliphatic heterocycles. The molecular formula is C31H35F3N4O2. The second-order valence-electron chi connectivity index (χ2n) is 11.0. The van der Waals surface area contributed by atoms with Gasteiger partial charge in [-0.1, -0.05) is 12.1 Å². The molecular weight excluding hydrogens is 517 g/mol. The average molecular weight is 553 g/mol. The molecule has 9 heteroatoms. The van der Waals surface area contributed by atoms with Crippen molar-refractivity contribution in [1.82, 2.24) is 14.9 Å². The molecule has 1 fully saturated rings. The lowest BCUT2D eigenvalue weighted by molar-refractivity contribution is -0.117. The molecule has 2 aliphatic rings. The maximum Gasteiger partial charge on any atom is 0.178 e. The molecule has 0 unspecified atom stereocenters. The number of hydrogen-bond acceptors (Lipinski definition) is 6. The van der Waals surface area contributed by atoms with Crippen LogP contribution < -0.4 is 9.64 Å². The first kappa shape index (κ1) is 28.1. The minimum absolute atomic E-state index is 0.00500. The molecule has 5 rings (SSSR count). The number of aromatic nitrogens is 2. The summed E-state index contributed by atoms with van der Waals surface area (Å²) in [4.78, 5) is 24.1. The molecule has 3 heterocycles. The van der Waals surface area contributed by atoms with Crippen LogP contribution in [0.3, 0.4) is 0 Å². The van der Waals surface area contributed by atoms with Gasteiger partial charge in [0.2, 0.25) is 0 Å². The third-order valence-electron chi connectivity index (χ3n) is 7.84. The van der Waals surface area contributed by atoms with Crippen LogP contribution in [-0.4, -0.2) is 59.5 Å². The van der Waals surface area contributed by atoms with Crippen molar-refractivity contribution in [3.63, 3.8) is 0 Å². The maximum atomic E-state index is 15.2. The molecule has 1 saturated heterocycles. The van der Waals surface area contributed by atoms with Crippen LogP contribution in [0.15, 0.2) is 36.5 Å². The molecule has 0 atom stereocenters. The molecule has 6 nitrogen and oxygen atoms in total. The molecule has 0 saturated carbocycles. The number of anilines is 1. The van der Waals surface area contributed by atoms with Crippen LogP contribution in [0, 0.1) is 17.5 Å². The van der Waals surface area contributed by atoms with Crippen LogP contribution >= 0.6 is 0 Å². The number of halogens is 3. The van der Waals surface area contributed by atoms with Gasteiger partial charge in [-0.25, -0.2) is 23.1 Å². The second kappa shape index (κ2) is 12.0. The predicted molar refractivity (Wildman–Crippen MR) is 148 cm³/mol. The zero-order chi connectivity index (χ0) is 28.4. The largest absolute Gasteiger partial charge is 0.486 e. The number of nitrogens with zero attached hydrogens (tertiary/aromatic N) is 4. The summed E-state index contributed by atoms with van der Waals surface area (Å²) in [6.07, 6.45) is 3.52. The van der Waals surface area contributed by atoms with E-state index in [-0.39, 0.29) is 41.4 Å². The lowest BCUT2D eigenvalue weighted by atomic mass is 9.88.